The van der Waals surface area contributed by atoms with Crippen molar-refractivity contribution < 1.29 is 4.79 Å². The standard InChI is InChI=1S/C10H12N2O/c1-7-10(13)12-9-5-3-2-4-8(9)6-11-7/h2-5,7,11H,6H2,1H3,(H,12,13)/t7-/m1/s1. The number of hydrogen-bond donors (Lipinski definition) is 2. The van der Waals surface area contributed by atoms with Crippen molar-refractivity contribution in [3.8, 4) is 0 Å². The first kappa shape index (κ1) is 8.26. The fraction of sp³-hybridized carbons (Fsp3) is 0.300. The van der Waals surface area contributed by atoms with Crippen molar-refractivity contribution in [2.45, 2.75) is 19.5 Å². The van der Waals surface area contributed by atoms with E-state index in [0.29, 0.717) is 0 Å². The van der Waals surface area contributed by atoms with Gasteiger partial charge in [-0.05, 0) is 18.6 Å². The van der Waals surface area contributed by atoms with Gasteiger partial charge in [-0.3, -0.25) is 4.79 Å². The third-order valence-corrected chi connectivity index (χ3v) is 2.27. The second kappa shape index (κ2) is 3.18. The first-order valence-electron chi connectivity index (χ1n) is 4.39. The van der Waals surface area contributed by atoms with Gasteiger partial charge in [-0.25, -0.2) is 0 Å². The Bertz CT molecular complexity index is 335. The average molecular weight is 176 g/mol. The van der Waals surface area contributed by atoms with Crippen LogP contribution in [-0.4, -0.2) is 11.9 Å². The number of benzene rings is 1. The molecule has 0 aromatic heterocycles. The summed E-state index contributed by atoms with van der Waals surface area (Å²) in [5, 5.41) is 6.01. The molecule has 1 heterocycles. The van der Waals surface area contributed by atoms with Gasteiger partial charge in [0.2, 0.25) is 5.91 Å². The van der Waals surface area contributed by atoms with Crippen LogP contribution in [0.3, 0.4) is 0 Å². The van der Waals surface area contributed by atoms with Crippen LogP contribution in [0.4, 0.5) is 5.69 Å². The highest BCUT2D eigenvalue weighted by Gasteiger charge is 2.17. The van der Waals surface area contributed by atoms with E-state index in [4.69, 9.17) is 0 Å². The van der Waals surface area contributed by atoms with Crippen LogP contribution in [0.15, 0.2) is 24.3 Å². The number of carbonyl (C=O) groups excluding carboxylic acids is 1. The highest BCUT2D eigenvalue weighted by atomic mass is 16.2. The van der Waals surface area contributed by atoms with Crippen LogP contribution in [0.5, 0.6) is 0 Å². The Hall–Kier alpha value is -1.35. The number of hydrogen-bond acceptors (Lipinski definition) is 2. The van der Waals surface area contributed by atoms with E-state index in [-0.39, 0.29) is 11.9 Å². The van der Waals surface area contributed by atoms with Gasteiger partial charge in [0.1, 0.15) is 0 Å². The monoisotopic (exact) mass is 176 g/mol. The molecule has 0 aliphatic carbocycles. The van der Waals surface area contributed by atoms with Crippen LogP contribution in [0, 0.1) is 0 Å². The second-order valence-corrected chi connectivity index (χ2v) is 3.25. The topological polar surface area (TPSA) is 41.1 Å². The number of nitrogens with one attached hydrogen (secondary N) is 2. The summed E-state index contributed by atoms with van der Waals surface area (Å²) >= 11 is 0. The van der Waals surface area contributed by atoms with Crippen molar-refractivity contribution in [2.24, 2.45) is 0 Å². The maximum Gasteiger partial charge on any atom is 0.241 e. The number of para-hydroxylation sites is 1. The van der Waals surface area contributed by atoms with Crippen LogP contribution >= 0.6 is 0 Å². The Morgan fingerprint density at radius 2 is 2.15 bits per heavy atom. The molecular weight excluding hydrogens is 164 g/mol. The van der Waals surface area contributed by atoms with E-state index >= 15 is 0 Å². The molecule has 0 unspecified atom stereocenters. The van der Waals surface area contributed by atoms with Crippen molar-refractivity contribution in [1.82, 2.24) is 5.32 Å². The molecule has 0 saturated heterocycles. The number of anilines is 1. The van der Waals surface area contributed by atoms with E-state index < -0.39 is 0 Å². The lowest BCUT2D eigenvalue weighted by Gasteiger charge is -2.06. The van der Waals surface area contributed by atoms with Crippen LogP contribution in [0.25, 0.3) is 0 Å². The van der Waals surface area contributed by atoms with Crippen LogP contribution < -0.4 is 10.6 Å². The summed E-state index contributed by atoms with van der Waals surface area (Å²) in [5.41, 5.74) is 2.06. The van der Waals surface area contributed by atoms with E-state index in [1.54, 1.807) is 0 Å². The van der Waals surface area contributed by atoms with E-state index in [1.807, 2.05) is 31.2 Å². The molecule has 0 spiro atoms. The smallest absolute Gasteiger partial charge is 0.241 e. The number of fused-ring (bicyclic) bond motifs is 1. The molecule has 2 rings (SSSR count). The Kier molecular flexibility index (Phi) is 2.02. The number of rotatable bonds is 0. The second-order valence-electron chi connectivity index (χ2n) is 3.25. The molecule has 0 bridgehead atoms. The molecule has 2 N–H and O–H groups in total. The predicted octanol–water partition coefficient (Wildman–Crippen LogP) is 1.12. The molecule has 1 aliphatic rings. The molecule has 3 nitrogen and oxygen atoms in total. The fourth-order valence-electron chi connectivity index (χ4n) is 1.39. The Balaban J connectivity index is 2.35. The molecular formula is C10H12N2O. The Labute approximate surface area is 77.1 Å². The maximum atomic E-state index is 11.4. The van der Waals surface area contributed by atoms with E-state index in [0.717, 1.165) is 17.8 Å². The van der Waals surface area contributed by atoms with Gasteiger partial charge in [-0.2, -0.15) is 0 Å². The quantitative estimate of drug-likeness (QED) is 0.622. The summed E-state index contributed by atoms with van der Waals surface area (Å²) in [6.07, 6.45) is 0. The highest BCUT2D eigenvalue weighted by molar-refractivity contribution is 5.95. The summed E-state index contributed by atoms with van der Waals surface area (Å²) in [6, 6.07) is 7.72. The lowest BCUT2D eigenvalue weighted by Crippen LogP contribution is -2.34. The minimum Gasteiger partial charge on any atom is -0.324 e. The molecule has 1 amide bonds. The molecule has 1 aromatic rings. The van der Waals surface area contributed by atoms with Crippen molar-refractivity contribution in [2.75, 3.05) is 5.32 Å². The van der Waals surface area contributed by atoms with Crippen molar-refractivity contribution in [1.29, 1.82) is 0 Å². The van der Waals surface area contributed by atoms with E-state index in [2.05, 4.69) is 10.6 Å². The van der Waals surface area contributed by atoms with Crippen LogP contribution in [0.1, 0.15) is 12.5 Å². The molecule has 0 radical (unpaired) electrons. The third-order valence-electron chi connectivity index (χ3n) is 2.27. The normalized spacial score (nSPS) is 21.6. The largest absolute Gasteiger partial charge is 0.324 e. The highest BCUT2D eigenvalue weighted by Crippen LogP contribution is 2.17. The third kappa shape index (κ3) is 1.55. The van der Waals surface area contributed by atoms with Gasteiger partial charge in [-0.15, -0.1) is 0 Å². The number of carbonyl (C=O) groups is 1. The van der Waals surface area contributed by atoms with Crippen LogP contribution in [0.2, 0.25) is 0 Å². The van der Waals surface area contributed by atoms with Gasteiger partial charge in [0.25, 0.3) is 0 Å². The van der Waals surface area contributed by atoms with E-state index in [9.17, 15) is 4.79 Å². The van der Waals surface area contributed by atoms with E-state index in [1.165, 1.54) is 0 Å². The zero-order valence-electron chi connectivity index (χ0n) is 7.50. The van der Waals surface area contributed by atoms with Gasteiger partial charge in [0.05, 0.1) is 6.04 Å². The Morgan fingerprint density at radius 1 is 1.38 bits per heavy atom. The summed E-state index contributed by atoms with van der Waals surface area (Å²) in [7, 11) is 0. The first-order chi connectivity index (χ1) is 6.27. The van der Waals surface area contributed by atoms with Crippen molar-refractivity contribution in [3.05, 3.63) is 29.8 Å². The summed E-state index contributed by atoms with van der Waals surface area (Å²) in [5.74, 6) is 0.0324. The van der Waals surface area contributed by atoms with Crippen molar-refractivity contribution in [3.63, 3.8) is 0 Å². The van der Waals surface area contributed by atoms with Crippen molar-refractivity contribution >= 4 is 11.6 Å². The van der Waals surface area contributed by atoms with Gasteiger partial charge in [-0.1, -0.05) is 18.2 Å². The fourth-order valence-corrected chi connectivity index (χ4v) is 1.39. The van der Waals surface area contributed by atoms with Gasteiger partial charge in [0.15, 0.2) is 0 Å². The van der Waals surface area contributed by atoms with Gasteiger partial charge < -0.3 is 10.6 Å². The predicted molar refractivity (Wildman–Crippen MR) is 51.4 cm³/mol. The molecule has 0 saturated carbocycles. The zero-order chi connectivity index (χ0) is 9.26. The molecule has 1 aliphatic heterocycles. The Morgan fingerprint density at radius 3 is 3.00 bits per heavy atom. The van der Waals surface area contributed by atoms with Gasteiger partial charge >= 0.3 is 0 Å². The summed E-state index contributed by atoms with van der Waals surface area (Å²) < 4.78 is 0. The summed E-state index contributed by atoms with van der Waals surface area (Å²) in [6.45, 7) is 2.61. The minimum absolute atomic E-state index is 0.0324. The SMILES string of the molecule is C[C@H]1NCc2ccccc2NC1=O. The average Bonchev–Trinajstić information content (AvgIpc) is 2.28. The first-order valence-corrected chi connectivity index (χ1v) is 4.39. The lowest BCUT2D eigenvalue weighted by molar-refractivity contribution is -0.117. The maximum absolute atomic E-state index is 11.4. The molecule has 1 atom stereocenters. The molecule has 13 heavy (non-hydrogen) atoms. The summed E-state index contributed by atoms with van der Waals surface area (Å²) in [4.78, 5) is 11.4. The van der Waals surface area contributed by atoms with Gasteiger partial charge in [0, 0.05) is 12.2 Å². The molecule has 3 heteroatoms. The minimum atomic E-state index is -0.118. The number of amides is 1. The molecule has 0 fully saturated rings. The molecule has 1 aromatic carbocycles. The zero-order valence-corrected chi connectivity index (χ0v) is 7.50. The van der Waals surface area contributed by atoms with Crippen LogP contribution in [-0.2, 0) is 11.3 Å². The lowest BCUT2D eigenvalue weighted by atomic mass is 10.2. The molecule has 68 valence electrons.